The number of amides is 2. The van der Waals surface area contributed by atoms with Gasteiger partial charge in [-0.3, -0.25) is 13.9 Å². The number of halogens is 1. The molecular weight excluding hydrogens is 521 g/mol. The molecule has 1 N–H and O–H groups in total. The van der Waals surface area contributed by atoms with Gasteiger partial charge in [-0.05, 0) is 61.4 Å². The minimum atomic E-state index is -3.87. The zero-order valence-electron chi connectivity index (χ0n) is 22.3. The third kappa shape index (κ3) is 8.54. The molecule has 3 aromatic carbocycles. The highest BCUT2D eigenvalue weighted by atomic mass is 32.2. The molecule has 0 bridgehead atoms. The fraction of sp³-hybridized carbons (Fsp3) is 0.310. The summed E-state index contributed by atoms with van der Waals surface area (Å²) in [6.45, 7) is 3.87. The number of anilines is 1. The summed E-state index contributed by atoms with van der Waals surface area (Å²) in [5.74, 6) is -0.812. The lowest BCUT2D eigenvalue weighted by atomic mass is 10.0. The van der Waals surface area contributed by atoms with Gasteiger partial charge in [0.05, 0.1) is 18.6 Å². The molecule has 0 aliphatic rings. The first-order valence-electron chi connectivity index (χ1n) is 12.7. The molecule has 208 valence electrons. The van der Waals surface area contributed by atoms with E-state index >= 15 is 0 Å². The van der Waals surface area contributed by atoms with E-state index < -0.39 is 34.3 Å². The summed E-state index contributed by atoms with van der Waals surface area (Å²) in [6.07, 6.45) is 1.23. The molecule has 8 nitrogen and oxygen atoms in total. The van der Waals surface area contributed by atoms with Crippen molar-refractivity contribution in [3.05, 3.63) is 95.8 Å². The number of sulfonamides is 1. The van der Waals surface area contributed by atoms with Gasteiger partial charge in [0.1, 0.15) is 24.2 Å². The van der Waals surface area contributed by atoms with Gasteiger partial charge in [-0.1, -0.05) is 42.5 Å². The molecule has 0 saturated heterocycles. The van der Waals surface area contributed by atoms with E-state index in [0.29, 0.717) is 24.5 Å². The molecular formula is C29H34FN3O5S. The van der Waals surface area contributed by atoms with E-state index in [1.54, 1.807) is 31.2 Å². The summed E-state index contributed by atoms with van der Waals surface area (Å²) in [6, 6.07) is 20.3. The molecule has 39 heavy (non-hydrogen) atoms. The molecule has 10 heteroatoms. The second-order valence-electron chi connectivity index (χ2n) is 8.94. The van der Waals surface area contributed by atoms with Crippen molar-refractivity contribution in [3.8, 4) is 5.75 Å². The topological polar surface area (TPSA) is 96.0 Å². The molecule has 0 spiro atoms. The lowest BCUT2D eigenvalue weighted by Crippen LogP contribution is -2.53. The van der Waals surface area contributed by atoms with Crippen molar-refractivity contribution in [2.45, 2.75) is 32.9 Å². The van der Waals surface area contributed by atoms with Crippen molar-refractivity contribution in [1.82, 2.24) is 10.2 Å². The largest absolute Gasteiger partial charge is 0.494 e. The Morgan fingerprint density at radius 2 is 1.56 bits per heavy atom. The van der Waals surface area contributed by atoms with Crippen LogP contribution in [0.15, 0.2) is 78.9 Å². The molecule has 1 atom stereocenters. The summed E-state index contributed by atoms with van der Waals surface area (Å²) in [5.41, 5.74) is 1.71. The number of nitrogens with zero attached hydrogens (tertiary/aromatic N) is 2. The summed E-state index contributed by atoms with van der Waals surface area (Å²) in [4.78, 5) is 28.5. The van der Waals surface area contributed by atoms with Gasteiger partial charge in [-0.15, -0.1) is 0 Å². The third-order valence-corrected chi connectivity index (χ3v) is 7.14. The van der Waals surface area contributed by atoms with E-state index in [4.69, 9.17) is 4.74 Å². The first-order chi connectivity index (χ1) is 18.6. The van der Waals surface area contributed by atoms with Crippen molar-refractivity contribution >= 4 is 27.5 Å². The predicted octanol–water partition coefficient (Wildman–Crippen LogP) is 3.77. The third-order valence-electron chi connectivity index (χ3n) is 6.00. The molecule has 2 amide bonds. The van der Waals surface area contributed by atoms with Gasteiger partial charge < -0.3 is 15.0 Å². The van der Waals surface area contributed by atoms with Crippen LogP contribution in [-0.4, -0.2) is 57.1 Å². The van der Waals surface area contributed by atoms with Gasteiger partial charge in [0.2, 0.25) is 21.8 Å². The van der Waals surface area contributed by atoms with Gasteiger partial charge in [-0.2, -0.15) is 0 Å². The first-order valence-corrected chi connectivity index (χ1v) is 14.5. The average molecular weight is 556 g/mol. The van der Waals surface area contributed by atoms with E-state index in [1.807, 2.05) is 37.3 Å². The Balaban J connectivity index is 2.00. The van der Waals surface area contributed by atoms with E-state index in [0.717, 1.165) is 16.1 Å². The van der Waals surface area contributed by atoms with Crippen LogP contribution in [0.1, 0.15) is 25.0 Å². The van der Waals surface area contributed by atoms with Crippen LogP contribution in [0, 0.1) is 5.82 Å². The Hall–Kier alpha value is -3.92. The summed E-state index contributed by atoms with van der Waals surface area (Å²) < 4.78 is 45.6. The van der Waals surface area contributed by atoms with E-state index in [1.165, 1.54) is 29.2 Å². The second-order valence-corrected chi connectivity index (χ2v) is 10.9. The Labute approximate surface area is 229 Å². The SMILES string of the molecule is CCNC(=O)[C@H](Cc1ccccc1)N(Cc1ccc(F)cc1)C(=O)CN(c1ccc(OCC)cc1)S(C)(=O)=O. The fourth-order valence-corrected chi connectivity index (χ4v) is 4.97. The first kappa shape index (κ1) is 29.6. The number of likely N-dealkylation sites (N-methyl/N-ethyl adjacent to an activating group) is 1. The summed E-state index contributed by atoms with van der Waals surface area (Å²) >= 11 is 0. The minimum absolute atomic E-state index is 0.0192. The quantitative estimate of drug-likeness (QED) is 0.347. The van der Waals surface area contributed by atoms with Crippen LogP contribution >= 0.6 is 0 Å². The van der Waals surface area contributed by atoms with Crippen LogP contribution in [0.4, 0.5) is 10.1 Å². The molecule has 0 unspecified atom stereocenters. The summed E-state index contributed by atoms with van der Waals surface area (Å²) in [5, 5.41) is 2.79. The zero-order chi connectivity index (χ0) is 28.4. The van der Waals surface area contributed by atoms with Crippen LogP contribution in [0.5, 0.6) is 5.75 Å². The molecule has 0 heterocycles. The van der Waals surface area contributed by atoms with Gasteiger partial charge >= 0.3 is 0 Å². The van der Waals surface area contributed by atoms with Crippen LogP contribution < -0.4 is 14.4 Å². The lowest BCUT2D eigenvalue weighted by Gasteiger charge is -2.33. The molecule has 0 saturated carbocycles. The van der Waals surface area contributed by atoms with Crippen LogP contribution in [-0.2, 0) is 32.6 Å². The normalized spacial score (nSPS) is 11.9. The van der Waals surface area contributed by atoms with E-state index in [2.05, 4.69) is 5.32 Å². The lowest BCUT2D eigenvalue weighted by molar-refractivity contribution is -0.140. The number of hydrogen-bond acceptors (Lipinski definition) is 5. The average Bonchev–Trinajstić information content (AvgIpc) is 2.91. The zero-order valence-corrected chi connectivity index (χ0v) is 23.2. The number of ether oxygens (including phenoxy) is 1. The number of hydrogen-bond donors (Lipinski definition) is 1. The maximum Gasteiger partial charge on any atom is 0.244 e. The highest BCUT2D eigenvalue weighted by Crippen LogP contribution is 2.23. The fourth-order valence-electron chi connectivity index (χ4n) is 4.12. The number of carbonyl (C=O) groups is 2. The highest BCUT2D eigenvalue weighted by Gasteiger charge is 2.32. The van der Waals surface area contributed by atoms with Crippen LogP contribution in [0.2, 0.25) is 0 Å². The molecule has 0 fully saturated rings. The van der Waals surface area contributed by atoms with Crippen molar-refractivity contribution in [3.63, 3.8) is 0 Å². The Morgan fingerprint density at radius 3 is 2.13 bits per heavy atom. The molecule has 0 radical (unpaired) electrons. The Morgan fingerprint density at radius 1 is 0.923 bits per heavy atom. The summed E-state index contributed by atoms with van der Waals surface area (Å²) in [7, 11) is -3.87. The van der Waals surface area contributed by atoms with Crippen molar-refractivity contribution in [2.75, 3.05) is 30.3 Å². The number of rotatable bonds is 13. The molecule has 0 aliphatic heterocycles. The maximum atomic E-state index is 13.9. The molecule has 3 aromatic rings. The number of nitrogens with one attached hydrogen (secondary N) is 1. The van der Waals surface area contributed by atoms with Gasteiger partial charge in [0, 0.05) is 19.5 Å². The minimum Gasteiger partial charge on any atom is -0.494 e. The van der Waals surface area contributed by atoms with Gasteiger partial charge in [-0.25, -0.2) is 12.8 Å². The number of benzene rings is 3. The van der Waals surface area contributed by atoms with Crippen LogP contribution in [0.25, 0.3) is 0 Å². The van der Waals surface area contributed by atoms with E-state index in [9.17, 15) is 22.4 Å². The van der Waals surface area contributed by atoms with E-state index in [-0.39, 0.29) is 24.6 Å². The maximum absolute atomic E-state index is 13.9. The Kier molecular flexibility index (Phi) is 10.4. The highest BCUT2D eigenvalue weighted by molar-refractivity contribution is 7.92. The van der Waals surface area contributed by atoms with Crippen molar-refractivity contribution in [2.24, 2.45) is 0 Å². The van der Waals surface area contributed by atoms with Gasteiger partial charge in [0.25, 0.3) is 0 Å². The number of carbonyl (C=O) groups excluding carboxylic acids is 2. The molecule has 3 rings (SSSR count). The molecule has 0 aromatic heterocycles. The monoisotopic (exact) mass is 555 g/mol. The van der Waals surface area contributed by atoms with Crippen molar-refractivity contribution in [1.29, 1.82) is 0 Å². The standard InChI is InChI=1S/C29H34FN3O5S/c1-4-31-29(35)27(19-22-9-7-6-8-10-22)32(20-23-11-13-24(30)14-12-23)28(34)21-33(39(3,36)37)25-15-17-26(18-16-25)38-5-2/h6-18,27H,4-5,19-21H2,1-3H3,(H,31,35)/t27-/m0/s1. The van der Waals surface area contributed by atoms with Gasteiger partial charge in [0.15, 0.2) is 0 Å². The van der Waals surface area contributed by atoms with Crippen molar-refractivity contribution < 1.29 is 27.1 Å². The molecule has 0 aliphatic carbocycles. The van der Waals surface area contributed by atoms with Crippen LogP contribution in [0.3, 0.4) is 0 Å². The Bertz CT molecular complexity index is 1330. The second kappa shape index (κ2) is 13.7. The smallest absolute Gasteiger partial charge is 0.244 e. The predicted molar refractivity (Wildman–Crippen MR) is 149 cm³/mol.